The summed E-state index contributed by atoms with van der Waals surface area (Å²) in [6.45, 7) is 7.49. The van der Waals surface area contributed by atoms with Gasteiger partial charge in [-0.25, -0.2) is 0 Å². The average Bonchev–Trinajstić information content (AvgIpc) is 2.36. The highest BCUT2D eigenvalue weighted by molar-refractivity contribution is 5.26. The van der Waals surface area contributed by atoms with Crippen molar-refractivity contribution in [1.29, 1.82) is 0 Å². The van der Waals surface area contributed by atoms with Gasteiger partial charge in [-0.3, -0.25) is 0 Å². The Kier molecular flexibility index (Phi) is 6.76. The molecule has 0 aliphatic rings. The summed E-state index contributed by atoms with van der Waals surface area (Å²) in [5.41, 5.74) is 1.28. The standard InChI is InChI=1S/C16H26O/c1-4-6-7-15(5-2)12-13-17-16-10-8-14(3)9-11-16/h8-11,15H,4-7,12-13H2,1-3H3. The van der Waals surface area contributed by atoms with Gasteiger partial charge < -0.3 is 4.74 Å². The van der Waals surface area contributed by atoms with Crippen molar-refractivity contribution in [2.24, 2.45) is 5.92 Å². The number of ether oxygens (including phenoxy) is 1. The molecule has 0 bridgehead atoms. The SMILES string of the molecule is CCCCC(CC)CCOc1ccc(C)cc1. The predicted octanol–water partition coefficient (Wildman–Crippen LogP) is 4.98. The maximum atomic E-state index is 5.77. The smallest absolute Gasteiger partial charge is 0.119 e. The van der Waals surface area contributed by atoms with Gasteiger partial charge in [0.25, 0.3) is 0 Å². The molecular weight excluding hydrogens is 208 g/mol. The van der Waals surface area contributed by atoms with Gasteiger partial charge in [0.15, 0.2) is 0 Å². The van der Waals surface area contributed by atoms with Gasteiger partial charge in [0.05, 0.1) is 6.61 Å². The summed E-state index contributed by atoms with van der Waals surface area (Å²) in [7, 11) is 0. The maximum Gasteiger partial charge on any atom is 0.119 e. The Morgan fingerprint density at radius 3 is 2.35 bits per heavy atom. The number of rotatable bonds is 8. The molecule has 96 valence electrons. The summed E-state index contributed by atoms with van der Waals surface area (Å²) < 4.78 is 5.77. The minimum atomic E-state index is 0.834. The van der Waals surface area contributed by atoms with Gasteiger partial charge in [-0.1, -0.05) is 57.2 Å². The molecule has 1 rings (SSSR count). The third-order valence-corrected chi connectivity index (χ3v) is 3.36. The van der Waals surface area contributed by atoms with Crippen LogP contribution in [0.3, 0.4) is 0 Å². The number of hydrogen-bond donors (Lipinski definition) is 0. The average molecular weight is 234 g/mol. The minimum absolute atomic E-state index is 0.834. The van der Waals surface area contributed by atoms with Gasteiger partial charge in [0.2, 0.25) is 0 Å². The third kappa shape index (κ3) is 5.76. The Balaban J connectivity index is 2.23. The van der Waals surface area contributed by atoms with Crippen LogP contribution in [0.1, 0.15) is 51.5 Å². The minimum Gasteiger partial charge on any atom is -0.494 e. The molecule has 0 aliphatic carbocycles. The van der Waals surface area contributed by atoms with Crippen molar-refractivity contribution in [1.82, 2.24) is 0 Å². The van der Waals surface area contributed by atoms with Gasteiger partial charge in [-0.2, -0.15) is 0 Å². The van der Waals surface area contributed by atoms with Crippen molar-refractivity contribution in [3.8, 4) is 5.75 Å². The van der Waals surface area contributed by atoms with E-state index < -0.39 is 0 Å². The zero-order valence-corrected chi connectivity index (χ0v) is 11.5. The zero-order valence-electron chi connectivity index (χ0n) is 11.5. The molecule has 0 aromatic heterocycles. The number of hydrogen-bond acceptors (Lipinski definition) is 1. The van der Waals surface area contributed by atoms with Crippen LogP contribution in [0.5, 0.6) is 5.75 Å². The molecule has 1 aromatic rings. The normalized spacial score (nSPS) is 12.4. The monoisotopic (exact) mass is 234 g/mol. The first-order valence-electron chi connectivity index (χ1n) is 6.95. The van der Waals surface area contributed by atoms with E-state index in [1.807, 2.05) is 0 Å². The second kappa shape index (κ2) is 8.16. The van der Waals surface area contributed by atoms with Gasteiger partial charge in [-0.15, -0.1) is 0 Å². The third-order valence-electron chi connectivity index (χ3n) is 3.36. The van der Waals surface area contributed by atoms with E-state index in [4.69, 9.17) is 4.74 Å². The van der Waals surface area contributed by atoms with Crippen molar-refractivity contribution < 1.29 is 4.74 Å². The molecule has 1 atom stereocenters. The Hall–Kier alpha value is -0.980. The van der Waals surface area contributed by atoms with Crippen LogP contribution in [0.2, 0.25) is 0 Å². The molecule has 0 fully saturated rings. The molecule has 0 saturated heterocycles. The van der Waals surface area contributed by atoms with E-state index in [-0.39, 0.29) is 0 Å². The van der Waals surface area contributed by atoms with Crippen LogP contribution in [0.15, 0.2) is 24.3 Å². The molecular formula is C16H26O. The van der Waals surface area contributed by atoms with Gasteiger partial charge in [-0.05, 0) is 31.4 Å². The van der Waals surface area contributed by atoms with Gasteiger partial charge in [0.1, 0.15) is 5.75 Å². The second-order valence-corrected chi connectivity index (χ2v) is 4.87. The van der Waals surface area contributed by atoms with Crippen LogP contribution in [0.25, 0.3) is 0 Å². The Bertz CT molecular complexity index is 289. The van der Waals surface area contributed by atoms with Crippen LogP contribution >= 0.6 is 0 Å². The molecule has 1 aromatic carbocycles. The quantitative estimate of drug-likeness (QED) is 0.616. The molecule has 0 spiro atoms. The topological polar surface area (TPSA) is 9.23 Å². The second-order valence-electron chi connectivity index (χ2n) is 4.87. The number of aryl methyl sites for hydroxylation is 1. The molecule has 1 nitrogen and oxygen atoms in total. The summed E-state index contributed by atoms with van der Waals surface area (Å²) in [5.74, 6) is 1.83. The fraction of sp³-hybridized carbons (Fsp3) is 0.625. The molecule has 1 heteroatoms. The van der Waals surface area contributed by atoms with Crippen LogP contribution in [-0.2, 0) is 0 Å². The van der Waals surface area contributed by atoms with E-state index in [9.17, 15) is 0 Å². The molecule has 17 heavy (non-hydrogen) atoms. The van der Waals surface area contributed by atoms with Crippen molar-refractivity contribution >= 4 is 0 Å². The van der Waals surface area contributed by atoms with Crippen molar-refractivity contribution in [3.63, 3.8) is 0 Å². The summed E-state index contributed by atoms with van der Waals surface area (Å²) in [6.07, 6.45) is 6.46. The fourth-order valence-corrected chi connectivity index (χ4v) is 2.02. The first-order valence-corrected chi connectivity index (χ1v) is 6.95. The lowest BCUT2D eigenvalue weighted by Gasteiger charge is -2.14. The lowest BCUT2D eigenvalue weighted by Crippen LogP contribution is -2.06. The summed E-state index contributed by atoms with van der Waals surface area (Å²) >= 11 is 0. The number of benzene rings is 1. The predicted molar refractivity (Wildman–Crippen MR) is 74.6 cm³/mol. The first-order chi connectivity index (χ1) is 8.26. The van der Waals surface area contributed by atoms with Crippen molar-refractivity contribution in [2.75, 3.05) is 6.61 Å². The first kappa shape index (κ1) is 14.1. The van der Waals surface area contributed by atoms with Gasteiger partial charge >= 0.3 is 0 Å². The summed E-state index contributed by atoms with van der Waals surface area (Å²) in [5, 5.41) is 0. The van der Waals surface area contributed by atoms with E-state index in [0.29, 0.717) is 0 Å². The highest BCUT2D eigenvalue weighted by Crippen LogP contribution is 2.18. The van der Waals surface area contributed by atoms with Crippen molar-refractivity contribution in [3.05, 3.63) is 29.8 Å². The van der Waals surface area contributed by atoms with Crippen LogP contribution in [-0.4, -0.2) is 6.61 Å². The Labute approximate surface area is 106 Å². The Morgan fingerprint density at radius 1 is 1.06 bits per heavy atom. The maximum absolute atomic E-state index is 5.77. The molecule has 0 saturated carbocycles. The molecule has 0 heterocycles. The highest BCUT2D eigenvalue weighted by Gasteiger charge is 2.05. The molecule has 0 amide bonds. The summed E-state index contributed by atoms with van der Waals surface area (Å²) in [4.78, 5) is 0. The Morgan fingerprint density at radius 2 is 1.76 bits per heavy atom. The van der Waals surface area contributed by atoms with E-state index in [2.05, 4.69) is 45.0 Å². The molecule has 0 radical (unpaired) electrons. The summed E-state index contributed by atoms with van der Waals surface area (Å²) in [6, 6.07) is 8.32. The lowest BCUT2D eigenvalue weighted by molar-refractivity contribution is 0.266. The van der Waals surface area contributed by atoms with Crippen LogP contribution < -0.4 is 4.74 Å². The zero-order chi connectivity index (χ0) is 12.5. The molecule has 0 aliphatic heterocycles. The van der Waals surface area contributed by atoms with E-state index in [1.54, 1.807) is 0 Å². The fourth-order valence-electron chi connectivity index (χ4n) is 2.02. The highest BCUT2D eigenvalue weighted by atomic mass is 16.5. The van der Waals surface area contributed by atoms with Crippen molar-refractivity contribution in [2.45, 2.75) is 52.9 Å². The van der Waals surface area contributed by atoms with E-state index >= 15 is 0 Å². The molecule has 0 N–H and O–H groups in total. The van der Waals surface area contributed by atoms with E-state index in [1.165, 1.54) is 37.7 Å². The molecule has 1 unspecified atom stereocenters. The lowest BCUT2D eigenvalue weighted by atomic mass is 9.96. The van der Waals surface area contributed by atoms with E-state index in [0.717, 1.165) is 18.3 Å². The van der Waals surface area contributed by atoms with Crippen LogP contribution in [0, 0.1) is 12.8 Å². The van der Waals surface area contributed by atoms with Crippen LogP contribution in [0.4, 0.5) is 0 Å². The van der Waals surface area contributed by atoms with Gasteiger partial charge in [0, 0.05) is 0 Å². The largest absolute Gasteiger partial charge is 0.494 e. The number of unbranched alkanes of at least 4 members (excludes halogenated alkanes) is 1.